The summed E-state index contributed by atoms with van der Waals surface area (Å²) in [6, 6.07) is 0. The summed E-state index contributed by atoms with van der Waals surface area (Å²) in [5.41, 5.74) is 2.64. The predicted molar refractivity (Wildman–Crippen MR) is 90.2 cm³/mol. The van der Waals surface area contributed by atoms with Crippen molar-refractivity contribution in [3.05, 3.63) is 0 Å². The number of rotatable bonds is 0. The van der Waals surface area contributed by atoms with Crippen molar-refractivity contribution in [3.8, 4) is 0 Å². The molecular weight excluding hydrogens is 288 g/mol. The third-order valence-electron chi connectivity index (χ3n) is 8.50. The highest BCUT2D eigenvalue weighted by Crippen LogP contribution is 2.65. The first kappa shape index (κ1) is 15.5. The molecule has 4 saturated carbocycles. The molecule has 4 heteroatoms. The van der Waals surface area contributed by atoms with E-state index in [1.54, 1.807) is 0 Å². The number of hydrogen-bond donors (Lipinski definition) is 2. The molecule has 4 aliphatic carbocycles. The summed E-state index contributed by atoms with van der Waals surface area (Å²) in [5.74, 6) is 3.00. The molecule has 23 heavy (non-hydrogen) atoms. The largest absolute Gasteiger partial charge is 0.411 e. The normalized spacial score (nSPS) is 53.0. The predicted octanol–water partition coefficient (Wildman–Crippen LogP) is 4.69. The van der Waals surface area contributed by atoms with Crippen molar-refractivity contribution < 1.29 is 10.4 Å². The van der Waals surface area contributed by atoms with E-state index in [1.165, 1.54) is 38.5 Å². The fourth-order valence-corrected chi connectivity index (χ4v) is 7.10. The van der Waals surface area contributed by atoms with E-state index in [1.807, 2.05) is 0 Å². The zero-order valence-electron chi connectivity index (χ0n) is 14.5. The third kappa shape index (κ3) is 2.02. The fourth-order valence-electron chi connectivity index (χ4n) is 7.10. The molecule has 0 aliphatic heterocycles. The van der Waals surface area contributed by atoms with E-state index in [0.717, 1.165) is 42.5 Å². The molecule has 2 N–H and O–H groups in total. The van der Waals surface area contributed by atoms with Gasteiger partial charge in [0.25, 0.3) is 0 Å². The summed E-state index contributed by atoms with van der Waals surface area (Å²) in [6.45, 7) is 4.86. The minimum atomic E-state index is 0.144. The van der Waals surface area contributed by atoms with E-state index in [2.05, 4.69) is 24.2 Å². The topological polar surface area (TPSA) is 65.2 Å². The van der Waals surface area contributed by atoms with E-state index in [9.17, 15) is 5.21 Å². The number of fused-ring (bicyclic) bond motifs is 5. The molecule has 4 rings (SSSR count). The summed E-state index contributed by atoms with van der Waals surface area (Å²) in [6.07, 6.45) is 10.4. The van der Waals surface area contributed by atoms with Gasteiger partial charge in [-0.25, -0.2) is 0 Å². The molecule has 4 nitrogen and oxygen atoms in total. The van der Waals surface area contributed by atoms with Crippen molar-refractivity contribution in [2.45, 2.75) is 71.6 Å². The molecule has 0 unspecified atom stereocenters. The molecule has 4 aliphatic rings. The molecule has 0 bridgehead atoms. The maximum atomic E-state index is 9.41. The highest BCUT2D eigenvalue weighted by molar-refractivity contribution is 5.92. The van der Waals surface area contributed by atoms with Crippen molar-refractivity contribution in [1.82, 2.24) is 0 Å². The Morgan fingerprint density at radius 2 is 1.74 bits per heavy atom. The molecule has 0 saturated heterocycles. The van der Waals surface area contributed by atoms with Crippen LogP contribution < -0.4 is 0 Å². The van der Waals surface area contributed by atoms with Gasteiger partial charge in [0.15, 0.2) is 0 Å². The zero-order chi connectivity index (χ0) is 16.2. The first-order valence-electron chi connectivity index (χ1n) is 9.44. The van der Waals surface area contributed by atoms with Crippen LogP contribution in [-0.4, -0.2) is 21.8 Å². The summed E-state index contributed by atoms with van der Waals surface area (Å²) in [5, 5.41) is 25.8. The molecule has 0 spiro atoms. The summed E-state index contributed by atoms with van der Waals surface area (Å²) in [7, 11) is 0. The summed E-state index contributed by atoms with van der Waals surface area (Å²) < 4.78 is 0. The second-order valence-electron chi connectivity index (χ2n) is 9.07. The van der Waals surface area contributed by atoms with Crippen molar-refractivity contribution >= 4 is 11.4 Å². The van der Waals surface area contributed by atoms with Crippen molar-refractivity contribution in [2.75, 3.05) is 0 Å². The lowest BCUT2D eigenvalue weighted by Gasteiger charge is -2.59. The van der Waals surface area contributed by atoms with Gasteiger partial charge in [0.05, 0.1) is 11.4 Å². The monoisotopic (exact) mass is 318 g/mol. The standard InChI is InChI=1S/C19H30N2O2/c1-18-9-7-13(20-22)11-12(18)3-4-14-15-5-6-17(21-23)19(15,2)10-8-16(14)18/h12,14-16,22-23H,3-11H2,1-2H3/b20-13-,21-17-/t12-,14+,15+,16+,18-,19-/m0/s1. The second-order valence-corrected chi connectivity index (χ2v) is 9.07. The third-order valence-corrected chi connectivity index (χ3v) is 8.50. The fraction of sp³-hybridized carbons (Fsp3) is 0.895. The Kier molecular flexibility index (Phi) is 3.51. The Bertz CT molecular complexity index is 558. The molecule has 0 heterocycles. The van der Waals surface area contributed by atoms with Crippen LogP contribution in [0, 0.1) is 34.5 Å². The maximum Gasteiger partial charge on any atom is 0.0632 e. The minimum absolute atomic E-state index is 0.144. The van der Waals surface area contributed by atoms with Crippen LogP contribution >= 0.6 is 0 Å². The first-order valence-corrected chi connectivity index (χ1v) is 9.44. The number of hydrogen-bond acceptors (Lipinski definition) is 4. The second kappa shape index (κ2) is 5.22. The van der Waals surface area contributed by atoms with Gasteiger partial charge in [-0.2, -0.15) is 0 Å². The van der Waals surface area contributed by atoms with Gasteiger partial charge in [-0.15, -0.1) is 0 Å². The van der Waals surface area contributed by atoms with E-state index in [-0.39, 0.29) is 5.41 Å². The van der Waals surface area contributed by atoms with Gasteiger partial charge >= 0.3 is 0 Å². The van der Waals surface area contributed by atoms with Gasteiger partial charge in [-0.1, -0.05) is 24.2 Å². The van der Waals surface area contributed by atoms with Gasteiger partial charge in [0.2, 0.25) is 0 Å². The molecule has 0 aromatic rings. The van der Waals surface area contributed by atoms with Crippen LogP contribution in [0.1, 0.15) is 71.6 Å². The summed E-state index contributed by atoms with van der Waals surface area (Å²) in [4.78, 5) is 0. The SMILES string of the molecule is C[C@]12CC/C(=N/O)C[C@@H]1CC[C@H]1[C@H]2CC[C@]2(C)/C(=N\O)CC[C@H]12. The van der Waals surface area contributed by atoms with Crippen LogP contribution in [0.15, 0.2) is 10.3 Å². The Morgan fingerprint density at radius 1 is 0.913 bits per heavy atom. The summed E-state index contributed by atoms with van der Waals surface area (Å²) >= 11 is 0. The average molecular weight is 318 g/mol. The Morgan fingerprint density at radius 3 is 2.48 bits per heavy atom. The lowest BCUT2D eigenvalue weighted by Crippen LogP contribution is -2.53. The lowest BCUT2D eigenvalue weighted by atomic mass is 9.45. The van der Waals surface area contributed by atoms with E-state index in [0.29, 0.717) is 17.3 Å². The molecule has 0 amide bonds. The highest BCUT2D eigenvalue weighted by Gasteiger charge is 2.59. The number of oxime groups is 2. The van der Waals surface area contributed by atoms with Crippen molar-refractivity contribution in [2.24, 2.45) is 44.8 Å². The molecule has 4 fully saturated rings. The van der Waals surface area contributed by atoms with Gasteiger partial charge in [0, 0.05) is 5.41 Å². The molecular formula is C19H30N2O2. The average Bonchev–Trinajstić information content (AvgIpc) is 2.90. The molecule has 128 valence electrons. The maximum absolute atomic E-state index is 9.41. The van der Waals surface area contributed by atoms with Gasteiger partial charge < -0.3 is 10.4 Å². The van der Waals surface area contributed by atoms with Crippen LogP contribution in [0.5, 0.6) is 0 Å². The number of nitrogens with zero attached hydrogens (tertiary/aromatic N) is 2. The van der Waals surface area contributed by atoms with Crippen molar-refractivity contribution in [1.29, 1.82) is 0 Å². The highest BCUT2D eigenvalue weighted by atomic mass is 16.4. The quantitative estimate of drug-likeness (QED) is 0.502. The van der Waals surface area contributed by atoms with E-state index < -0.39 is 0 Å². The van der Waals surface area contributed by atoms with Crippen LogP contribution in [0.2, 0.25) is 0 Å². The van der Waals surface area contributed by atoms with Crippen molar-refractivity contribution in [3.63, 3.8) is 0 Å². The van der Waals surface area contributed by atoms with Crippen LogP contribution in [-0.2, 0) is 0 Å². The minimum Gasteiger partial charge on any atom is -0.411 e. The van der Waals surface area contributed by atoms with Gasteiger partial charge in [-0.05, 0) is 86.9 Å². The van der Waals surface area contributed by atoms with E-state index in [4.69, 9.17) is 5.21 Å². The first-order chi connectivity index (χ1) is 11.0. The Hall–Kier alpha value is -1.06. The zero-order valence-corrected chi connectivity index (χ0v) is 14.5. The molecule has 0 radical (unpaired) electrons. The molecule has 0 aromatic carbocycles. The molecule has 6 atom stereocenters. The van der Waals surface area contributed by atoms with Crippen LogP contribution in [0.4, 0.5) is 0 Å². The Labute approximate surface area is 139 Å². The molecule has 0 aromatic heterocycles. The Balaban J connectivity index is 1.63. The van der Waals surface area contributed by atoms with E-state index >= 15 is 0 Å². The van der Waals surface area contributed by atoms with Gasteiger partial charge in [-0.3, -0.25) is 0 Å². The van der Waals surface area contributed by atoms with Crippen LogP contribution in [0.3, 0.4) is 0 Å². The van der Waals surface area contributed by atoms with Crippen LogP contribution in [0.25, 0.3) is 0 Å². The lowest BCUT2D eigenvalue weighted by molar-refractivity contribution is -0.0819. The smallest absolute Gasteiger partial charge is 0.0632 e. The van der Waals surface area contributed by atoms with Gasteiger partial charge in [0.1, 0.15) is 0 Å².